The van der Waals surface area contributed by atoms with Gasteiger partial charge < -0.3 is 4.98 Å². The molecule has 1 aliphatic heterocycles. The molecule has 11 heteroatoms. The minimum absolute atomic E-state index is 0.502. The molecule has 0 fully saturated rings. The maximum absolute atomic E-state index is 4.53. The lowest BCUT2D eigenvalue weighted by Gasteiger charge is -2.07. The van der Waals surface area contributed by atoms with Crippen LogP contribution in [0.15, 0.2) is 64.2 Å². The fraction of sp³-hybridized carbons (Fsp3) is 0.652. The van der Waals surface area contributed by atoms with E-state index >= 15 is 0 Å². The predicted molar refractivity (Wildman–Crippen MR) is 349 cm³/mol. The second-order valence-corrected chi connectivity index (χ2v) is 28.9. The van der Waals surface area contributed by atoms with E-state index in [2.05, 4.69) is 264 Å². The van der Waals surface area contributed by atoms with Crippen LogP contribution in [0.3, 0.4) is 0 Å². The highest BCUT2D eigenvalue weighted by Gasteiger charge is 2.16. The molecule has 0 saturated heterocycles. The van der Waals surface area contributed by atoms with Crippen LogP contribution in [-0.2, 0) is 0 Å². The highest BCUT2D eigenvalue weighted by Crippen LogP contribution is 2.31. The highest BCUT2D eigenvalue weighted by atomic mass is 32.1. The lowest BCUT2D eigenvalue weighted by molar-refractivity contribution is 0.750. The van der Waals surface area contributed by atoms with Crippen LogP contribution in [0.4, 0.5) is 0 Å². The predicted octanol–water partition coefficient (Wildman–Crippen LogP) is 23.1. The minimum atomic E-state index is 0.502. The van der Waals surface area contributed by atoms with Crippen LogP contribution in [0.1, 0.15) is 335 Å². The number of hydrogen-bond acceptors (Lipinski definition) is 9. The van der Waals surface area contributed by atoms with Gasteiger partial charge in [-0.1, -0.05) is 194 Å². The molecule has 0 spiro atoms. The summed E-state index contributed by atoms with van der Waals surface area (Å²) < 4.78 is 0. The zero-order valence-electron chi connectivity index (χ0n) is 53.9. The molecule has 0 atom stereocenters. The molecule has 0 bridgehead atoms. The lowest BCUT2D eigenvalue weighted by Crippen LogP contribution is -2.06. The number of aromatic amines is 2. The van der Waals surface area contributed by atoms with Crippen molar-refractivity contribution in [3.8, 4) is 0 Å². The van der Waals surface area contributed by atoms with Crippen molar-refractivity contribution in [3.05, 3.63) is 123 Å². The summed E-state index contributed by atoms with van der Waals surface area (Å²) in [7, 11) is 0. The molecular formula is C66H111N7S4. The van der Waals surface area contributed by atoms with Crippen LogP contribution in [0, 0.1) is 11.8 Å². The third-order valence-electron chi connectivity index (χ3n) is 12.7. The number of thiazole rings is 2. The molecule has 7 rings (SSSR count). The van der Waals surface area contributed by atoms with Crippen LogP contribution >= 0.6 is 45.3 Å². The Bertz CT molecular complexity index is 1970. The molecule has 7 heterocycles. The molecule has 77 heavy (non-hydrogen) atoms. The average Bonchev–Trinajstić information content (AvgIpc) is 4.20. The second kappa shape index (κ2) is 36.0. The van der Waals surface area contributed by atoms with Gasteiger partial charge in [0.2, 0.25) is 0 Å². The Labute approximate surface area is 489 Å². The first-order chi connectivity index (χ1) is 35.8. The Balaban J connectivity index is 0.000000449. The fourth-order valence-corrected chi connectivity index (χ4v) is 10.7. The molecular weight excluding hydrogens is 1020 g/mol. The molecule has 0 amide bonds. The van der Waals surface area contributed by atoms with Gasteiger partial charge in [-0.3, -0.25) is 10.1 Å². The Kier molecular flexibility index (Phi) is 33.4. The number of imidazole rings is 1. The van der Waals surface area contributed by atoms with Gasteiger partial charge >= 0.3 is 0 Å². The molecule has 2 N–H and O–H groups in total. The van der Waals surface area contributed by atoms with E-state index in [9.17, 15) is 0 Å². The average molecular weight is 1130 g/mol. The van der Waals surface area contributed by atoms with Gasteiger partial charge in [0.25, 0.3) is 0 Å². The van der Waals surface area contributed by atoms with Crippen molar-refractivity contribution in [1.82, 2.24) is 30.1 Å². The molecule has 6 aromatic rings. The van der Waals surface area contributed by atoms with Gasteiger partial charge in [-0.25, -0.2) is 15.0 Å². The van der Waals surface area contributed by atoms with Gasteiger partial charge in [0.05, 0.1) is 21.4 Å². The first-order valence-electron chi connectivity index (χ1n) is 29.2. The van der Waals surface area contributed by atoms with Gasteiger partial charge in [0, 0.05) is 84.8 Å². The van der Waals surface area contributed by atoms with Crippen LogP contribution in [0.2, 0.25) is 0 Å². The summed E-state index contributed by atoms with van der Waals surface area (Å²) in [4.78, 5) is 26.8. The first kappa shape index (κ1) is 71.5. The normalized spacial score (nSPS) is 12.3. The Morgan fingerprint density at radius 2 is 0.948 bits per heavy atom. The van der Waals surface area contributed by atoms with E-state index in [0.717, 1.165) is 17.9 Å². The lowest BCUT2D eigenvalue weighted by atomic mass is 9.96. The first-order valence-corrected chi connectivity index (χ1v) is 32.6. The number of aromatic nitrogens is 6. The van der Waals surface area contributed by atoms with Gasteiger partial charge in [0.1, 0.15) is 5.82 Å². The van der Waals surface area contributed by atoms with Crippen LogP contribution < -0.4 is 0 Å². The minimum Gasteiger partial charge on any atom is -0.345 e. The molecule has 6 aromatic heterocycles. The quantitative estimate of drug-likeness (QED) is 0.114. The monoisotopic (exact) mass is 1130 g/mol. The number of nitrogens with zero attached hydrogens (tertiary/aromatic N) is 5. The van der Waals surface area contributed by atoms with E-state index in [0.29, 0.717) is 82.9 Å². The van der Waals surface area contributed by atoms with Crippen LogP contribution in [0.25, 0.3) is 0 Å². The summed E-state index contributed by atoms with van der Waals surface area (Å²) in [5.41, 5.74) is 9.16. The van der Waals surface area contributed by atoms with E-state index in [1.807, 2.05) is 52.6 Å². The number of H-pyrrole nitrogens is 2. The van der Waals surface area contributed by atoms with Crippen molar-refractivity contribution < 1.29 is 0 Å². The third-order valence-corrected chi connectivity index (χ3v) is 18.4. The molecule has 0 aromatic carbocycles. The SMILES string of the molecule is CC(C)C1=CN=C(C(C)C)C1.CC(C)c1cc(C(C)C)[nH]n1.CC(C)c1ccc(C(C)C)s1.CC(C)c1cnc(C(C)C)[nH]1.CC(C)c1cnc(C(C)C)s1.CC(C)c1csc(C(C)C)c1.CC(C)c1csc(C(C)C)n1. The number of rotatable bonds is 14. The fourth-order valence-electron chi connectivity index (χ4n) is 6.68. The van der Waals surface area contributed by atoms with Gasteiger partial charge in [-0.05, 0) is 106 Å². The number of thiophene rings is 2. The number of aliphatic imine (C=N–C) groups is 1. The van der Waals surface area contributed by atoms with Gasteiger partial charge in [-0.15, -0.1) is 45.3 Å². The Hall–Kier alpha value is -3.51. The zero-order valence-corrected chi connectivity index (χ0v) is 57.1. The van der Waals surface area contributed by atoms with Crippen molar-refractivity contribution in [3.63, 3.8) is 0 Å². The van der Waals surface area contributed by atoms with Crippen molar-refractivity contribution in [2.45, 2.75) is 271 Å². The maximum Gasteiger partial charge on any atom is 0.108 e. The Morgan fingerprint density at radius 1 is 0.416 bits per heavy atom. The van der Waals surface area contributed by atoms with Gasteiger partial charge in [0.15, 0.2) is 0 Å². The summed E-state index contributed by atoms with van der Waals surface area (Å²) in [5, 5.41) is 14.2. The summed E-state index contributed by atoms with van der Waals surface area (Å²) in [5.74, 6) is 9.59. The number of hydrogen-bond donors (Lipinski definition) is 2. The van der Waals surface area contributed by atoms with E-state index in [1.165, 1.54) is 63.5 Å². The largest absolute Gasteiger partial charge is 0.345 e. The zero-order chi connectivity index (χ0) is 59.0. The summed E-state index contributed by atoms with van der Waals surface area (Å²) in [6, 6.07) is 8.99. The van der Waals surface area contributed by atoms with E-state index < -0.39 is 0 Å². The van der Waals surface area contributed by atoms with Crippen molar-refractivity contribution in [2.75, 3.05) is 0 Å². The number of nitrogens with one attached hydrogen (secondary N) is 2. The van der Waals surface area contributed by atoms with Crippen molar-refractivity contribution in [2.24, 2.45) is 16.8 Å². The smallest absolute Gasteiger partial charge is 0.108 e. The molecule has 0 radical (unpaired) electrons. The second-order valence-electron chi connectivity index (χ2n) is 24.9. The topological polar surface area (TPSA) is 95.5 Å². The van der Waals surface area contributed by atoms with Crippen LogP contribution in [0.5, 0.6) is 0 Å². The van der Waals surface area contributed by atoms with Crippen molar-refractivity contribution in [1.29, 1.82) is 0 Å². The molecule has 7 nitrogen and oxygen atoms in total. The maximum atomic E-state index is 4.53. The van der Waals surface area contributed by atoms with Crippen LogP contribution in [-0.4, -0.2) is 35.8 Å². The summed E-state index contributed by atoms with van der Waals surface area (Å²) >= 11 is 7.45. The van der Waals surface area contributed by atoms with Crippen molar-refractivity contribution >= 4 is 51.1 Å². The number of allylic oxidation sites excluding steroid dienone is 1. The van der Waals surface area contributed by atoms with E-state index in [1.54, 1.807) is 11.3 Å². The molecule has 434 valence electrons. The van der Waals surface area contributed by atoms with Gasteiger partial charge in [-0.2, -0.15) is 5.10 Å². The molecule has 0 unspecified atom stereocenters. The Morgan fingerprint density at radius 3 is 1.21 bits per heavy atom. The van der Waals surface area contributed by atoms with E-state index in [-0.39, 0.29) is 0 Å². The molecule has 1 aliphatic rings. The molecule has 0 aliphatic carbocycles. The summed E-state index contributed by atoms with van der Waals surface area (Å²) in [6.45, 7) is 61.6. The van der Waals surface area contributed by atoms with E-state index in [4.69, 9.17) is 0 Å². The standard InChI is InChI=1S/C10H17N.2C10H16S.2C9H16N2.2C9H15NS/c2*1-7(2)9-5-10(8(3)4)11-6-9;1-7(2)9-5-6-10(11-9)8(3)4;1-6(2)8-5-10-9(11-8)7(3)4;1-6(2)8-5-9(7(3)4)11-10-8;1-6(2)8-5-11-9(10-8)7(3)4;1-6(2)8-5-10-9(11-8)7(3)4/h6-8H,5H2,1-4H3;2*5-8H,1-4H3;2*5-7H,1-4H3,(H,10,11);2*5-7H,1-4H3. The third kappa shape index (κ3) is 27.0. The summed E-state index contributed by atoms with van der Waals surface area (Å²) in [6.07, 6.45) is 7.08. The highest BCUT2D eigenvalue weighted by molar-refractivity contribution is 7.12. The molecule has 0 saturated carbocycles.